The number of benzene rings is 2. The van der Waals surface area contributed by atoms with E-state index in [4.69, 9.17) is 4.74 Å². The van der Waals surface area contributed by atoms with Crippen molar-refractivity contribution in [2.24, 2.45) is 5.92 Å². The van der Waals surface area contributed by atoms with E-state index in [1.54, 1.807) is 0 Å². The summed E-state index contributed by atoms with van der Waals surface area (Å²) in [4.78, 5) is 0. The first-order valence-corrected chi connectivity index (χ1v) is 6.84. The zero-order chi connectivity index (χ0) is 12.6. The van der Waals surface area contributed by atoms with Crippen LogP contribution in [0.15, 0.2) is 48.5 Å². The Kier molecular flexibility index (Phi) is 1.65. The van der Waals surface area contributed by atoms with Gasteiger partial charge in [0.15, 0.2) is 0 Å². The van der Waals surface area contributed by atoms with E-state index in [0.717, 1.165) is 17.7 Å². The molecule has 1 N–H and O–H groups in total. The molecule has 0 saturated carbocycles. The quantitative estimate of drug-likeness (QED) is 0.778. The van der Waals surface area contributed by atoms with Crippen LogP contribution in [-0.4, -0.2) is 17.8 Å². The Morgan fingerprint density at radius 1 is 0.947 bits per heavy atom. The second-order valence-corrected chi connectivity index (χ2v) is 5.84. The van der Waals surface area contributed by atoms with Crippen molar-refractivity contribution in [1.82, 2.24) is 0 Å². The number of aliphatic hydroxyl groups is 1. The highest BCUT2D eigenvalue weighted by molar-refractivity contribution is 5.60. The molecule has 0 aromatic heterocycles. The molecular formula is C17H14O2. The van der Waals surface area contributed by atoms with Gasteiger partial charge < -0.3 is 9.84 Å². The van der Waals surface area contributed by atoms with Gasteiger partial charge in [-0.25, -0.2) is 0 Å². The second kappa shape index (κ2) is 3.09. The van der Waals surface area contributed by atoms with Gasteiger partial charge in [-0.3, -0.25) is 0 Å². The number of hydrogen-bond acceptors (Lipinski definition) is 2. The van der Waals surface area contributed by atoms with E-state index in [2.05, 4.69) is 36.4 Å². The molecule has 1 saturated heterocycles. The molecule has 2 nitrogen and oxygen atoms in total. The van der Waals surface area contributed by atoms with E-state index < -0.39 is 5.60 Å². The van der Waals surface area contributed by atoms with Crippen molar-refractivity contribution in [2.75, 3.05) is 6.61 Å². The summed E-state index contributed by atoms with van der Waals surface area (Å²) in [5.74, 6) is 0.815. The molecule has 1 fully saturated rings. The van der Waals surface area contributed by atoms with E-state index in [0.29, 0.717) is 11.8 Å². The lowest BCUT2D eigenvalue weighted by Gasteiger charge is -2.59. The SMILES string of the molecule is OC12c3ccccc3C(c3ccccc31)[C@@H]1CO[C@@H]12. The Hall–Kier alpha value is -1.64. The third-order valence-corrected chi connectivity index (χ3v) is 5.11. The minimum atomic E-state index is -0.954. The Morgan fingerprint density at radius 3 is 2.05 bits per heavy atom. The first-order valence-electron chi connectivity index (χ1n) is 6.84. The van der Waals surface area contributed by atoms with Crippen LogP contribution in [0.5, 0.6) is 0 Å². The number of rotatable bonds is 0. The maximum Gasteiger partial charge on any atom is 0.142 e. The third-order valence-electron chi connectivity index (χ3n) is 5.11. The van der Waals surface area contributed by atoms with E-state index in [1.165, 1.54) is 11.1 Å². The Bertz CT molecular complexity index is 644. The monoisotopic (exact) mass is 250 g/mol. The first kappa shape index (κ1) is 10.2. The largest absolute Gasteiger partial charge is 0.378 e. The van der Waals surface area contributed by atoms with Crippen LogP contribution in [0.1, 0.15) is 28.2 Å². The van der Waals surface area contributed by atoms with Crippen molar-refractivity contribution in [2.45, 2.75) is 17.6 Å². The van der Waals surface area contributed by atoms with Crippen molar-refractivity contribution >= 4 is 0 Å². The van der Waals surface area contributed by atoms with Crippen LogP contribution >= 0.6 is 0 Å². The summed E-state index contributed by atoms with van der Waals surface area (Å²) in [7, 11) is 0. The summed E-state index contributed by atoms with van der Waals surface area (Å²) >= 11 is 0. The molecule has 3 aliphatic carbocycles. The number of hydrogen-bond donors (Lipinski definition) is 1. The van der Waals surface area contributed by atoms with Gasteiger partial charge in [-0.15, -0.1) is 0 Å². The predicted octanol–water partition coefficient (Wildman–Crippen LogP) is 2.40. The molecule has 1 aliphatic heterocycles. The number of ether oxygens (including phenoxy) is 1. The fraction of sp³-hybridized carbons (Fsp3) is 0.294. The lowest BCUT2D eigenvalue weighted by Crippen LogP contribution is -2.63. The smallest absolute Gasteiger partial charge is 0.142 e. The summed E-state index contributed by atoms with van der Waals surface area (Å²) in [5, 5.41) is 11.4. The van der Waals surface area contributed by atoms with Gasteiger partial charge in [-0.1, -0.05) is 48.5 Å². The van der Waals surface area contributed by atoms with Crippen molar-refractivity contribution in [3.05, 3.63) is 70.8 Å². The normalized spacial score (nSPS) is 37.0. The minimum Gasteiger partial charge on any atom is -0.378 e. The van der Waals surface area contributed by atoms with Gasteiger partial charge in [-0.2, -0.15) is 0 Å². The van der Waals surface area contributed by atoms with E-state index in [1.807, 2.05) is 12.1 Å². The molecule has 2 aromatic carbocycles. The standard InChI is InChI=1S/C17H14O2/c18-17-13-7-3-1-5-10(13)15(12-9-19-16(12)17)11-6-2-4-8-14(11)17/h1-8,12,15-16,18H,9H2/t12-,15?,16-,17?/m0/s1. The van der Waals surface area contributed by atoms with Gasteiger partial charge >= 0.3 is 0 Å². The summed E-state index contributed by atoms with van der Waals surface area (Å²) in [6, 6.07) is 16.6. The lowest BCUT2D eigenvalue weighted by molar-refractivity contribution is -0.222. The highest BCUT2D eigenvalue weighted by Crippen LogP contribution is 2.61. The summed E-state index contributed by atoms with van der Waals surface area (Å²) in [6.45, 7) is 0.764. The molecule has 2 heteroatoms. The molecule has 0 spiro atoms. The van der Waals surface area contributed by atoms with E-state index in [-0.39, 0.29) is 6.10 Å². The maximum absolute atomic E-state index is 11.4. The van der Waals surface area contributed by atoms with Crippen LogP contribution in [0.25, 0.3) is 0 Å². The van der Waals surface area contributed by atoms with Gasteiger partial charge in [0.1, 0.15) is 11.7 Å². The fourth-order valence-electron chi connectivity index (χ4n) is 4.32. The fourth-order valence-corrected chi connectivity index (χ4v) is 4.32. The molecule has 0 unspecified atom stereocenters. The topological polar surface area (TPSA) is 29.5 Å². The highest BCUT2D eigenvalue weighted by atomic mass is 16.5. The van der Waals surface area contributed by atoms with Gasteiger partial charge in [-0.05, 0) is 22.3 Å². The zero-order valence-electron chi connectivity index (χ0n) is 10.4. The van der Waals surface area contributed by atoms with Crippen molar-refractivity contribution in [3.8, 4) is 0 Å². The van der Waals surface area contributed by atoms with E-state index in [9.17, 15) is 5.11 Å². The van der Waals surface area contributed by atoms with Crippen molar-refractivity contribution in [3.63, 3.8) is 0 Å². The third kappa shape index (κ3) is 0.957. The molecule has 2 bridgehead atoms. The van der Waals surface area contributed by atoms with Crippen LogP contribution in [0.2, 0.25) is 0 Å². The summed E-state index contributed by atoms with van der Waals surface area (Å²) in [5.41, 5.74) is 3.70. The first-order chi connectivity index (χ1) is 9.32. The maximum atomic E-state index is 11.4. The van der Waals surface area contributed by atoms with Crippen LogP contribution in [0, 0.1) is 5.92 Å². The van der Waals surface area contributed by atoms with Crippen molar-refractivity contribution < 1.29 is 9.84 Å². The predicted molar refractivity (Wildman–Crippen MR) is 71.0 cm³/mol. The van der Waals surface area contributed by atoms with Gasteiger partial charge in [0.25, 0.3) is 0 Å². The molecule has 94 valence electrons. The molecule has 19 heavy (non-hydrogen) atoms. The zero-order valence-corrected chi connectivity index (χ0v) is 10.4. The van der Waals surface area contributed by atoms with Crippen molar-refractivity contribution in [1.29, 1.82) is 0 Å². The molecule has 0 amide bonds. The Balaban J connectivity index is 1.92. The van der Waals surface area contributed by atoms with E-state index >= 15 is 0 Å². The second-order valence-electron chi connectivity index (χ2n) is 5.84. The van der Waals surface area contributed by atoms with Gasteiger partial charge in [0.05, 0.1) is 6.61 Å². The van der Waals surface area contributed by atoms with Gasteiger partial charge in [0.2, 0.25) is 0 Å². The Morgan fingerprint density at radius 2 is 1.53 bits per heavy atom. The average Bonchev–Trinajstić information content (AvgIpc) is 2.41. The van der Waals surface area contributed by atoms with Crippen LogP contribution in [-0.2, 0) is 10.3 Å². The molecule has 4 aliphatic rings. The molecule has 0 radical (unpaired) electrons. The lowest BCUT2D eigenvalue weighted by atomic mass is 9.54. The van der Waals surface area contributed by atoms with Crippen LogP contribution in [0.3, 0.4) is 0 Å². The van der Waals surface area contributed by atoms with Gasteiger partial charge in [0, 0.05) is 11.8 Å². The molecule has 2 atom stereocenters. The molecule has 6 rings (SSSR count). The molecule has 1 heterocycles. The Labute approximate surface area is 111 Å². The highest BCUT2D eigenvalue weighted by Gasteiger charge is 2.62. The van der Waals surface area contributed by atoms with Crippen LogP contribution in [0.4, 0.5) is 0 Å². The summed E-state index contributed by atoms with van der Waals surface area (Å²) < 4.78 is 5.74. The minimum absolute atomic E-state index is 0.0673. The molecule has 2 aromatic rings. The summed E-state index contributed by atoms with van der Waals surface area (Å²) in [6.07, 6.45) is -0.0673. The van der Waals surface area contributed by atoms with Crippen LogP contribution < -0.4 is 0 Å². The molecular weight excluding hydrogens is 236 g/mol. The average molecular weight is 250 g/mol.